The second-order valence-electron chi connectivity index (χ2n) is 5.54. The van der Waals surface area contributed by atoms with Crippen molar-refractivity contribution in [2.45, 2.75) is 32.9 Å². The Morgan fingerprint density at radius 2 is 2.17 bits per heavy atom. The zero-order valence-electron chi connectivity index (χ0n) is 13.9. The van der Waals surface area contributed by atoms with Crippen LogP contribution in [0, 0.1) is 6.92 Å². The molecule has 0 saturated carbocycles. The first-order chi connectivity index (χ1) is 11.6. The van der Waals surface area contributed by atoms with E-state index in [2.05, 4.69) is 15.6 Å². The first-order valence-corrected chi connectivity index (χ1v) is 7.82. The lowest BCUT2D eigenvalue weighted by Gasteiger charge is -2.09. The fraction of sp³-hybridized carbons (Fsp3) is 0.353. The molecule has 1 amide bonds. The number of nitrogens with zero attached hydrogens (tertiary/aromatic N) is 3. The monoisotopic (exact) mass is 328 g/mol. The van der Waals surface area contributed by atoms with Crippen LogP contribution in [0.5, 0.6) is 5.75 Å². The maximum atomic E-state index is 12.3. The highest BCUT2D eigenvalue weighted by Gasteiger charge is 2.30. The van der Waals surface area contributed by atoms with Crippen molar-refractivity contribution in [3.8, 4) is 5.75 Å². The average molecular weight is 328 g/mol. The molecule has 0 aliphatic carbocycles. The number of hydrogen-bond acceptors (Lipinski definition) is 5. The fourth-order valence-electron chi connectivity index (χ4n) is 2.54. The quantitative estimate of drug-likeness (QED) is 0.914. The normalized spacial score (nSPS) is 16.5. The van der Waals surface area contributed by atoms with Gasteiger partial charge in [-0.3, -0.25) is 9.48 Å². The molecule has 3 rings (SSSR count). The van der Waals surface area contributed by atoms with Gasteiger partial charge in [0.2, 0.25) is 6.10 Å². The van der Waals surface area contributed by atoms with Crippen molar-refractivity contribution in [1.82, 2.24) is 9.78 Å². The standard InChI is InChI=1S/C17H20N4O3/c1-4-21-10-14(11(2)19-21)15-9-16(24-20-15)17(22)18-12-5-7-13(23-3)8-6-12/h5-8,10,16H,4,9H2,1-3H3,(H,18,22)/t16-/m1/s1. The Labute approximate surface area is 140 Å². The second-order valence-corrected chi connectivity index (χ2v) is 5.54. The summed E-state index contributed by atoms with van der Waals surface area (Å²) in [6.07, 6.45) is 1.73. The maximum Gasteiger partial charge on any atom is 0.268 e. The van der Waals surface area contributed by atoms with E-state index in [1.807, 2.05) is 24.7 Å². The molecule has 0 spiro atoms. The van der Waals surface area contributed by atoms with Gasteiger partial charge in [0.1, 0.15) is 5.75 Å². The van der Waals surface area contributed by atoms with Gasteiger partial charge in [-0.05, 0) is 38.1 Å². The van der Waals surface area contributed by atoms with Crippen molar-refractivity contribution in [3.63, 3.8) is 0 Å². The van der Waals surface area contributed by atoms with Crippen molar-refractivity contribution < 1.29 is 14.4 Å². The maximum absolute atomic E-state index is 12.3. The molecular formula is C17H20N4O3. The summed E-state index contributed by atoms with van der Waals surface area (Å²) in [5.74, 6) is 0.513. The number of ether oxygens (including phenoxy) is 1. The molecule has 2 aromatic rings. The topological polar surface area (TPSA) is 77.7 Å². The van der Waals surface area contributed by atoms with Crippen LogP contribution in [0.2, 0.25) is 0 Å². The number of amides is 1. The van der Waals surface area contributed by atoms with E-state index in [9.17, 15) is 4.79 Å². The highest BCUT2D eigenvalue weighted by Crippen LogP contribution is 2.21. The van der Waals surface area contributed by atoms with Crippen LogP contribution in [0.25, 0.3) is 0 Å². The predicted molar refractivity (Wildman–Crippen MR) is 90.3 cm³/mol. The molecule has 1 N–H and O–H groups in total. The lowest BCUT2D eigenvalue weighted by molar-refractivity contribution is -0.125. The Balaban J connectivity index is 1.63. The van der Waals surface area contributed by atoms with Gasteiger partial charge in [-0.2, -0.15) is 5.10 Å². The number of nitrogens with one attached hydrogen (secondary N) is 1. The summed E-state index contributed by atoms with van der Waals surface area (Å²) in [7, 11) is 1.60. The van der Waals surface area contributed by atoms with Gasteiger partial charge in [0.15, 0.2) is 0 Å². The molecule has 0 saturated heterocycles. The zero-order chi connectivity index (χ0) is 17.1. The predicted octanol–water partition coefficient (Wildman–Crippen LogP) is 2.35. The number of rotatable bonds is 5. The van der Waals surface area contributed by atoms with Crippen molar-refractivity contribution in [2.24, 2.45) is 5.16 Å². The highest BCUT2D eigenvalue weighted by molar-refractivity contribution is 6.06. The van der Waals surface area contributed by atoms with Gasteiger partial charge in [0, 0.05) is 30.4 Å². The van der Waals surface area contributed by atoms with E-state index in [-0.39, 0.29) is 5.91 Å². The molecule has 0 radical (unpaired) electrons. The van der Waals surface area contributed by atoms with Crippen LogP contribution in [0.15, 0.2) is 35.6 Å². The van der Waals surface area contributed by atoms with Gasteiger partial charge in [0.25, 0.3) is 5.91 Å². The van der Waals surface area contributed by atoms with E-state index in [4.69, 9.17) is 9.57 Å². The van der Waals surface area contributed by atoms with Crippen molar-refractivity contribution in [3.05, 3.63) is 41.7 Å². The highest BCUT2D eigenvalue weighted by atomic mass is 16.6. The fourth-order valence-corrected chi connectivity index (χ4v) is 2.54. The molecule has 0 unspecified atom stereocenters. The number of aromatic nitrogens is 2. The van der Waals surface area contributed by atoms with Crippen LogP contribution in [0.1, 0.15) is 24.6 Å². The van der Waals surface area contributed by atoms with Crippen molar-refractivity contribution in [2.75, 3.05) is 12.4 Å². The minimum atomic E-state index is -0.633. The third-order valence-corrected chi connectivity index (χ3v) is 3.90. The number of aryl methyl sites for hydroxylation is 2. The summed E-state index contributed by atoms with van der Waals surface area (Å²) in [5.41, 5.74) is 3.25. The van der Waals surface area contributed by atoms with E-state index in [0.29, 0.717) is 12.1 Å². The Kier molecular flexibility index (Phi) is 4.50. The van der Waals surface area contributed by atoms with Crippen molar-refractivity contribution in [1.29, 1.82) is 0 Å². The van der Waals surface area contributed by atoms with E-state index in [0.717, 1.165) is 29.3 Å². The third-order valence-electron chi connectivity index (χ3n) is 3.90. The van der Waals surface area contributed by atoms with E-state index >= 15 is 0 Å². The van der Waals surface area contributed by atoms with Crippen molar-refractivity contribution >= 4 is 17.3 Å². The molecule has 1 aliphatic rings. The molecule has 1 aliphatic heterocycles. The molecule has 0 fully saturated rings. The van der Waals surface area contributed by atoms with Crippen LogP contribution in [-0.4, -0.2) is 34.6 Å². The molecule has 7 heteroatoms. The zero-order valence-corrected chi connectivity index (χ0v) is 13.9. The minimum Gasteiger partial charge on any atom is -0.497 e. The number of methoxy groups -OCH3 is 1. The largest absolute Gasteiger partial charge is 0.497 e. The Bertz CT molecular complexity index is 765. The summed E-state index contributed by atoms with van der Waals surface area (Å²) in [6.45, 7) is 4.74. The second kappa shape index (κ2) is 6.74. The Morgan fingerprint density at radius 1 is 1.42 bits per heavy atom. The van der Waals surface area contributed by atoms with Gasteiger partial charge in [-0.1, -0.05) is 5.16 Å². The third kappa shape index (κ3) is 3.24. The number of oxime groups is 1. The molecule has 1 aromatic heterocycles. The molecule has 1 atom stereocenters. The lowest BCUT2D eigenvalue weighted by atomic mass is 10.1. The Morgan fingerprint density at radius 3 is 2.79 bits per heavy atom. The molecule has 2 heterocycles. The number of hydrogen-bond donors (Lipinski definition) is 1. The number of carbonyl (C=O) groups excluding carboxylic acids is 1. The van der Waals surface area contributed by atoms with Crippen LogP contribution in [-0.2, 0) is 16.2 Å². The van der Waals surface area contributed by atoms with Gasteiger partial charge in [-0.15, -0.1) is 0 Å². The first-order valence-electron chi connectivity index (χ1n) is 7.82. The SMILES string of the molecule is CCn1cc(C2=NO[C@@H](C(=O)Nc3ccc(OC)cc3)C2)c(C)n1. The summed E-state index contributed by atoms with van der Waals surface area (Å²) < 4.78 is 6.94. The van der Waals surface area contributed by atoms with Crippen LogP contribution < -0.4 is 10.1 Å². The number of carbonyl (C=O) groups is 1. The summed E-state index contributed by atoms with van der Waals surface area (Å²) in [6, 6.07) is 7.14. The van der Waals surface area contributed by atoms with Gasteiger partial charge in [-0.25, -0.2) is 0 Å². The van der Waals surface area contributed by atoms with E-state index in [1.54, 1.807) is 31.4 Å². The smallest absolute Gasteiger partial charge is 0.268 e. The summed E-state index contributed by atoms with van der Waals surface area (Å²) >= 11 is 0. The van der Waals surface area contributed by atoms with Crippen LogP contribution in [0.3, 0.4) is 0 Å². The van der Waals surface area contributed by atoms with E-state index in [1.165, 1.54) is 0 Å². The molecule has 126 valence electrons. The lowest BCUT2D eigenvalue weighted by Crippen LogP contribution is -2.28. The average Bonchev–Trinajstić information content (AvgIpc) is 3.22. The molecule has 7 nitrogen and oxygen atoms in total. The summed E-state index contributed by atoms with van der Waals surface area (Å²) in [5, 5.41) is 11.3. The first kappa shape index (κ1) is 16.0. The molecule has 24 heavy (non-hydrogen) atoms. The molecule has 0 bridgehead atoms. The minimum absolute atomic E-state index is 0.223. The van der Waals surface area contributed by atoms with Crippen LogP contribution >= 0.6 is 0 Å². The Hall–Kier alpha value is -2.83. The van der Waals surface area contributed by atoms with E-state index < -0.39 is 6.10 Å². The van der Waals surface area contributed by atoms with Crippen LogP contribution in [0.4, 0.5) is 5.69 Å². The number of benzene rings is 1. The summed E-state index contributed by atoms with van der Waals surface area (Å²) in [4.78, 5) is 17.6. The van der Waals surface area contributed by atoms with Gasteiger partial charge < -0.3 is 14.9 Å². The van der Waals surface area contributed by atoms with Gasteiger partial charge >= 0.3 is 0 Å². The molecular weight excluding hydrogens is 308 g/mol. The van der Waals surface area contributed by atoms with Gasteiger partial charge in [0.05, 0.1) is 18.5 Å². The molecule has 1 aromatic carbocycles. The number of anilines is 1.